The second kappa shape index (κ2) is 4.13. The summed E-state index contributed by atoms with van der Waals surface area (Å²) in [6, 6.07) is 6.74. The Hall–Kier alpha value is -1.84. The van der Waals surface area contributed by atoms with E-state index in [2.05, 4.69) is 4.99 Å². The minimum atomic E-state index is -0.956. The zero-order chi connectivity index (χ0) is 10.7. The van der Waals surface area contributed by atoms with Gasteiger partial charge in [-0.05, 0) is 12.1 Å². The number of aliphatic imine (C=N–C) groups is 1. The van der Waals surface area contributed by atoms with E-state index < -0.39 is 5.97 Å². The van der Waals surface area contributed by atoms with Gasteiger partial charge in [-0.3, -0.25) is 4.99 Å². The maximum atomic E-state index is 11.0. The van der Waals surface area contributed by atoms with Crippen LogP contribution in [-0.2, 0) is 4.74 Å². The summed E-state index contributed by atoms with van der Waals surface area (Å²) in [5.41, 5.74) is 0.794. The number of benzene rings is 1. The molecule has 0 saturated carbocycles. The van der Waals surface area contributed by atoms with Crippen LogP contribution in [0, 0.1) is 0 Å². The van der Waals surface area contributed by atoms with Gasteiger partial charge in [-0.15, -0.1) is 0 Å². The highest BCUT2D eigenvalue weighted by atomic mass is 16.5. The lowest BCUT2D eigenvalue weighted by Gasteiger charge is -2.15. The van der Waals surface area contributed by atoms with Crippen LogP contribution in [0.4, 0.5) is 0 Å². The number of aromatic carboxylic acids is 1. The van der Waals surface area contributed by atoms with Gasteiger partial charge in [0, 0.05) is 13.0 Å². The van der Waals surface area contributed by atoms with Crippen LogP contribution in [0.15, 0.2) is 29.3 Å². The van der Waals surface area contributed by atoms with E-state index in [1.165, 1.54) is 0 Å². The molecule has 0 aromatic heterocycles. The summed E-state index contributed by atoms with van der Waals surface area (Å²) in [4.78, 5) is 15.1. The van der Waals surface area contributed by atoms with E-state index in [-0.39, 0.29) is 5.56 Å². The highest BCUT2D eigenvalue weighted by Gasteiger charge is 2.16. The summed E-state index contributed by atoms with van der Waals surface area (Å²) in [7, 11) is 0. The molecule has 15 heavy (non-hydrogen) atoms. The maximum absolute atomic E-state index is 11.0. The molecule has 4 heteroatoms. The van der Waals surface area contributed by atoms with Crippen molar-refractivity contribution in [1.29, 1.82) is 0 Å². The molecule has 0 radical (unpaired) electrons. The molecule has 2 rings (SSSR count). The Kier molecular flexibility index (Phi) is 2.67. The molecule has 0 saturated heterocycles. The summed E-state index contributed by atoms with van der Waals surface area (Å²) >= 11 is 0. The standard InChI is InChI=1S/C11H11NO3/c13-11(14)9-5-2-1-4-8(9)10-12-6-3-7-15-10/h1-2,4-5H,3,6-7H2,(H,13,14). The number of carboxylic acids is 1. The molecule has 0 amide bonds. The predicted molar refractivity (Wildman–Crippen MR) is 55.4 cm³/mol. The van der Waals surface area contributed by atoms with Crippen LogP contribution < -0.4 is 0 Å². The lowest BCUT2D eigenvalue weighted by Crippen LogP contribution is -2.17. The fourth-order valence-corrected chi connectivity index (χ4v) is 1.48. The Morgan fingerprint density at radius 1 is 1.40 bits per heavy atom. The van der Waals surface area contributed by atoms with Crippen molar-refractivity contribution in [3.63, 3.8) is 0 Å². The summed E-state index contributed by atoms with van der Waals surface area (Å²) in [5, 5.41) is 8.99. The first kappa shape index (κ1) is 9.71. The van der Waals surface area contributed by atoms with Gasteiger partial charge in [0.25, 0.3) is 0 Å². The predicted octanol–water partition coefficient (Wildman–Crippen LogP) is 1.55. The molecule has 0 fully saturated rings. The molecule has 1 heterocycles. The van der Waals surface area contributed by atoms with Gasteiger partial charge >= 0.3 is 5.97 Å². The van der Waals surface area contributed by atoms with Gasteiger partial charge in [0.05, 0.1) is 17.7 Å². The van der Waals surface area contributed by atoms with Gasteiger partial charge in [-0.2, -0.15) is 0 Å². The monoisotopic (exact) mass is 205 g/mol. The first-order valence-electron chi connectivity index (χ1n) is 4.79. The molecule has 1 aliphatic heterocycles. The normalized spacial score (nSPS) is 15.3. The summed E-state index contributed by atoms with van der Waals surface area (Å²) < 4.78 is 5.34. The minimum Gasteiger partial charge on any atom is -0.478 e. The second-order valence-electron chi connectivity index (χ2n) is 3.24. The minimum absolute atomic E-state index is 0.234. The van der Waals surface area contributed by atoms with E-state index >= 15 is 0 Å². The molecule has 1 aromatic rings. The molecule has 0 bridgehead atoms. The van der Waals surface area contributed by atoms with Crippen molar-refractivity contribution < 1.29 is 14.6 Å². The van der Waals surface area contributed by atoms with Crippen LogP contribution in [0.2, 0.25) is 0 Å². The fourth-order valence-electron chi connectivity index (χ4n) is 1.48. The van der Waals surface area contributed by atoms with Crippen molar-refractivity contribution in [3.8, 4) is 0 Å². The van der Waals surface area contributed by atoms with Crippen LogP contribution in [0.1, 0.15) is 22.3 Å². The van der Waals surface area contributed by atoms with Crippen LogP contribution in [0.25, 0.3) is 0 Å². The van der Waals surface area contributed by atoms with Crippen LogP contribution in [0.3, 0.4) is 0 Å². The smallest absolute Gasteiger partial charge is 0.336 e. The lowest BCUT2D eigenvalue weighted by molar-refractivity contribution is 0.0696. The van der Waals surface area contributed by atoms with Crippen molar-refractivity contribution in [1.82, 2.24) is 0 Å². The van der Waals surface area contributed by atoms with E-state index in [1.54, 1.807) is 24.3 Å². The van der Waals surface area contributed by atoms with Crippen LogP contribution >= 0.6 is 0 Å². The highest BCUT2D eigenvalue weighted by molar-refractivity contribution is 6.04. The van der Waals surface area contributed by atoms with Crippen molar-refractivity contribution in [2.45, 2.75) is 6.42 Å². The van der Waals surface area contributed by atoms with Crippen LogP contribution in [-0.4, -0.2) is 30.1 Å². The van der Waals surface area contributed by atoms with Gasteiger partial charge in [-0.25, -0.2) is 4.79 Å². The Balaban J connectivity index is 2.42. The van der Waals surface area contributed by atoms with Crippen molar-refractivity contribution >= 4 is 11.9 Å². The third-order valence-electron chi connectivity index (χ3n) is 2.18. The summed E-state index contributed by atoms with van der Waals surface area (Å²) in [6.45, 7) is 1.30. The van der Waals surface area contributed by atoms with Gasteiger partial charge < -0.3 is 9.84 Å². The number of nitrogens with zero attached hydrogens (tertiary/aromatic N) is 1. The first-order valence-corrected chi connectivity index (χ1v) is 4.79. The molecule has 1 aromatic carbocycles. The van der Waals surface area contributed by atoms with E-state index in [4.69, 9.17) is 9.84 Å². The highest BCUT2D eigenvalue weighted by Crippen LogP contribution is 2.13. The number of hydrogen-bond donors (Lipinski definition) is 1. The largest absolute Gasteiger partial charge is 0.478 e. The molecule has 0 atom stereocenters. The Bertz CT molecular complexity index is 412. The molecule has 0 spiro atoms. The van der Waals surface area contributed by atoms with Crippen molar-refractivity contribution in [2.24, 2.45) is 4.99 Å². The molecule has 1 aliphatic rings. The molecular formula is C11H11NO3. The van der Waals surface area contributed by atoms with Crippen molar-refractivity contribution in [2.75, 3.05) is 13.2 Å². The van der Waals surface area contributed by atoms with E-state index in [9.17, 15) is 4.79 Å². The van der Waals surface area contributed by atoms with Gasteiger partial charge in [0.15, 0.2) is 0 Å². The number of rotatable bonds is 2. The lowest BCUT2D eigenvalue weighted by atomic mass is 10.1. The third kappa shape index (κ3) is 1.98. The zero-order valence-electron chi connectivity index (χ0n) is 8.14. The molecule has 4 nitrogen and oxygen atoms in total. The Morgan fingerprint density at radius 3 is 2.87 bits per heavy atom. The average molecular weight is 205 g/mol. The topological polar surface area (TPSA) is 58.9 Å². The van der Waals surface area contributed by atoms with Gasteiger partial charge in [-0.1, -0.05) is 12.1 Å². The molecular weight excluding hydrogens is 194 g/mol. The summed E-state index contributed by atoms with van der Waals surface area (Å²) in [5.74, 6) is -0.512. The van der Waals surface area contributed by atoms with Gasteiger partial charge in [0.1, 0.15) is 0 Å². The molecule has 0 aliphatic carbocycles. The Labute approximate surface area is 87.2 Å². The number of hydrogen-bond acceptors (Lipinski definition) is 3. The number of carboxylic acid groups (broad SMARTS) is 1. The molecule has 78 valence electrons. The van der Waals surface area contributed by atoms with Crippen LogP contribution in [0.5, 0.6) is 0 Å². The number of carbonyl (C=O) groups is 1. The SMILES string of the molecule is O=C(O)c1ccccc1C1=NCCCO1. The van der Waals surface area contributed by atoms with E-state index in [0.29, 0.717) is 24.6 Å². The van der Waals surface area contributed by atoms with E-state index in [0.717, 1.165) is 6.42 Å². The third-order valence-corrected chi connectivity index (χ3v) is 2.18. The van der Waals surface area contributed by atoms with Crippen molar-refractivity contribution in [3.05, 3.63) is 35.4 Å². The summed E-state index contributed by atoms with van der Waals surface area (Å²) in [6.07, 6.45) is 0.888. The number of ether oxygens (including phenoxy) is 1. The second-order valence-corrected chi connectivity index (χ2v) is 3.24. The maximum Gasteiger partial charge on any atom is 0.336 e. The molecule has 1 N–H and O–H groups in total. The Morgan fingerprint density at radius 2 is 2.20 bits per heavy atom. The quantitative estimate of drug-likeness (QED) is 0.796. The average Bonchev–Trinajstić information content (AvgIpc) is 2.30. The van der Waals surface area contributed by atoms with E-state index in [1.807, 2.05) is 0 Å². The fraction of sp³-hybridized carbons (Fsp3) is 0.273. The first-order chi connectivity index (χ1) is 7.29. The zero-order valence-corrected chi connectivity index (χ0v) is 8.14. The molecule has 0 unspecified atom stereocenters. The van der Waals surface area contributed by atoms with Gasteiger partial charge in [0.2, 0.25) is 5.90 Å².